The van der Waals surface area contributed by atoms with Gasteiger partial charge in [-0.05, 0) is 30.7 Å². The zero-order valence-electron chi connectivity index (χ0n) is 14.4. The van der Waals surface area contributed by atoms with Crippen molar-refractivity contribution in [3.8, 4) is 11.5 Å². The highest BCUT2D eigenvalue weighted by atomic mass is 16.5. The fraction of sp³-hybridized carbons (Fsp3) is 0.167. The van der Waals surface area contributed by atoms with Crippen molar-refractivity contribution in [2.75, 3.05) is 19.0 Å². The average Bonchev–Trinajstić information content (AvgIpc) is 2.66. The number of aryl methyl sites for hydroxylation is 1. The van der Waals surface area contributed by atoms with Crippen LogP contribution in [0.4, 0.5) is 5.69 Å². The van der Waals surface area contributed by atoms with Crippen LogP contribution in [0.2, 0.25) is 0 Å². The summed E-state index contributed by atoms with van der Waals surface area (Å²) < 4.78 is 10.3. The van der Waals surface area contributed by atoms with Crippen LogP contribution in [0.3, 0.4) is 0 Å². The monoisotopic (exact) mass is 357 g/mol. The van der Waals surface area contributed by atoms with E-state index in [1.165, 1.54) is 7.11 Å². The number of hydrazine groups is 1. The molecule has 0 aliphatic carbocycles. The Morgan fingerprint density at radius 2 is 1.65 bits per heavy atom. The van der Waals surface area contributed by atoms with Gasteiger partial charge in [0.25, 0.3) is 5.91 Å². The van der Waals surface area contributed by atoms with Gasteiger partial charge in [-0.25, -0.2) is 0 Å². The highest BCUT2D eigenvalue weighted by Gasteiger charge is 2.15. The number of methoxy groups -OCH3 is 1. The van der Waals surface area contributed by atoms with Crippen LogP contribution in [0.25, 0.3) is 0 Å². The molecule has 0 aliphatic rings. The van der Waals surface area contributed by atoms with Crippen molar-refractivity contribution in [3.63, 3.8) is 0 Å². The maximum Gasteiger partial charge on any atom is 0.328 e. The quantitative estimate of drug-likeness (QED) is 0.550. The van der Waals surface area contributed by atoms with Gasteiger partial charge in [0.15, 0.2) is 6.61 Å². The fourth-order valence-electron chi connectivity index (χ4n) is 1.95. The first-order valence-corrected chi connectivity index (χ1v) is 7.72. The van der Waals surface area contributed by atoms with Gasteiger partial charge in [0.05, 0.1) is 7.11 Å². The molecule has 0 aromatic heterocycles. The van der Waals surface area contributed by atoms with Crippen molar-refractivity contribution in [2.45, 2.75) is 6.92 Å². The second-order valence-corrected chi connectivity index (χ2v) is 5.24. The van der Waals surface area contributed by atoms with Gasteiger partial charge < -0.3 is 14.8 Å². The summed E-state index contributed by atoms with van der Waals surface area (Å²) in [6.45, 7) is 1.46. The molecule has 0 aliphatic heterocycles. The lowest BCUT2D eigenvalue weighted by atomic mass is 10.2. The summed E-state index contributed by atoms with van der Waals surface area (Å²) in [5, 5.41) is 2.46. The van der Waals surface area contributed by atoms with Gasteiger partial charge in [-0.2, -0.15) is 0 Å². The predicted octanol–water partition coefficient (Wildman–Crippen LogP) is 1.17. The second kappa shape index (κ2) is 9.07. The fourth-order valence-corrected chi connectivity index (χ4v) is 1.95. The molecule has 0 fully saturated rings. The van der Waals surface area contributed by atoms with Crippen molar-refractivity contribution in [3.05, 3.63) is 54.1 Å². The van der Waals surface area contributed by atoms with E-state index in [9.17, 15) is 14.4 Å². The van der Waals surface area contributed by atoms with Crippen LogP contribution < -0.4 is 25.6 Å². The molecule has 0 heterocycles. The Hall–Kier alpha value is -3.55. The van der Waals surface area contributed by atoms with E-state index >= 15 is 0 Å². The molecule has 3 N–H and O–H groups in total. The van der Waals surface area contributed by atoms with Crippen LogP contribution >= 0.6 is 0 Å². The third-order valence-electron chi connectivity index (χ3n) is 3.33. The van der Waals surface area contributed by atoms with Crippen molar-refractivity contribution >= 4 is 23.4 Å². The predicted molar refractivity (Wildman–Crippen MR) is 94.6 cm³/mol. The molecule has 0 radical (unpaired) electrons. The number of carbonyl (C=O) groups excluding carboxylic acids is 3. The Morgan fingerprint density at radius 3 is 2.38 bits per heavy atom. The van der Waals surface area contributed by atoms with Gasteiger partial charge >= 0.3 is 11.8 Å². The molecule has 26 heavy (non-hydrogen) atoms. The second-order valence-electron chi connectivity index (χ2n) is 5.24. The van der Waals surface area contributed by atoms with Crippen LogP contribution in [-0.2, 0) is 14.4 Å². The number of hydrogen-bond donors (Lipinski definition) is 3. The third kappa shape index (κ3) is 5.52. The Bertz CT molecular complexity index is 807. The molecule has 8 heteroatoms. The van der Waals surface area contributed by atoms with E-state index in [-0.39, 0.29) is 6.61 Å². The Balaban J connectivity index is 1.76. The summed E-state index contributed by atoms with van der Waals surface area (Å²) >= 11 is 0. The van der Waals surface area contributed by atoms with Gasteiger partial charge in [0, 0.05) is 11.8 Å². The highest BCUT2D eigenvalue weighted by molar-refractivity contribution is 6.39. The summed E-state index contributed by atoms with van der Waals surface area (Å²) in [6.07, 6.45) is 0. The number of ether oxygens (including phenoxy) is 2. The molecule has 2 aromatic carbocycles. The summed E-state index contributed by atoms with van der Waals surface area (Å²) in [7, 11) is 1.52. The highest BCUT2D eigenvalue weighted by Crippen LogP contribution is 2.18. The molecule has 0 saturated heterocycles. The number of anilines is 1. The lowest BCUT2D eigenvalue weighted by Gasteiger charge is -2.10. The topological polar surface area (TPSA) is 106 Å². The molecule has 0 bridgehead atoms. The molecule has 0 unspecified atom stereocenters. The van der Waals surface area contributed by atoms with E-state index in [1.807, 2.05) is 11.5 Å². The maximum atomic E-state index is 11.8. The number of nitrogens with one attached hydrogen (secondary N) is 3. The number of benzene rings is 2. The number of amides is 3. The molecular formula is C18H19N3O5. The van der Waals surface area contributed by atoms with E-state index in [0.717, 1.165) is 5.56 Å². The van der Waals surface area contributed by atoms with Gasteiger partial charge in [-0.1, -0.05) is 24.3 Å². The Labute approximate surface area is 150 Å². The van der Waals surface area contributed by atoms with Crippen LogP contribution in [0, 0.1) is 6.92 Å². The molecule has 2 rings (SSSR count). The smallest absolute Gasteiger partial charge is 0.328 e. The van der Waals surface area contributed by atoms with Gasteiger partial charge in [0.2, 0.25) is 0 Å². The summed E-state index contributed by atoms with van der Waals surface area (Å²) in [5.74, 6) is -1.49. The zero-order valence-corrected chi connectivity index (χ0v) is 14.4. The minimum atomic E-state index is -0.997. The third-order valence-corrected chi connectivity index (χ3v) is 3.33. The van der Waals surface area contributed by atoms with Crippen molar-refractivity contribution in [1.82, 2.24) is 10.9 Å². The minimum absolute atomic E-state index is 0.340. The molecule has 0 spiro atoms. The maximum absolute atomic E-state index is 11.8. The van der Waals surface area contributed by atoms with Gasteiger partial charge in [-0.15, -0.1) is 0 Å². The van der Waals surface area contributed by atoms with E-state index in [1.54, 1.807) is 49.4 Å². The number of para-hydroxylation sites is 1. The molecule has 0 saturated carbocycles. The van der Waals surface area contributed by atoms with E-state index in [4.69, 9.17) is 9.47 Å². The van der Waals surface area contributed by atoms with Crippen LogP contribution in [0.5, 0.6) is 11.5 Å². The molecule has 0 atom stereocenters. The largest absolute Gasteiger partial charge is 0.497 e. The minimum Gasteiger partial charge on any atom is -0.497 e. The number of rotatable bonds is 5. The first-order chi connectivity index (χ1) is 12.5. The zero-order chi connectivity index (χ0) is 18.9. The number of carbonyl (C=O) groups is 3. The van der Waals surface area contributed by atoms with E-state index < -0.39 is 17.7 Å². The summed E-state index contributed by atoms with van der Waals surface area (Å²) in [4.78, 5) is 35.2. The SMILES string of the molecule is COc1cccc(OCC(=O)NNC(=O)C(=O)Nc2ccccc2C)c1. The van der Waals surface area contributed by atoms with Crippen LogP contribution in [-0.4, -0.2) is 31.4 Å². The number of hydrogen-bond acceptors (Lipinski definition) is 5. The first kappa shape index (κ1) is 18.8. The Morgan fingerprint density at radius 1 is 0.923 bits per heavy atom. The molecule has 3 amide bonds. The lowest BCUT2D eigenvalue weighted by molar-refractivity contribution is -0.138. The van der Waals surface area contributed by atoms with E-state index in [2.05, 4.69) is 10.7 Å². The van der Waals surface area contributed by atoms with Crippen molar-refractivity contribution in [1.29, 1.82) is 0 Å². The van der Waals surface area contributed by atoms with Crippen molar-refractivity contribution in [2.24, 2.45) is 0 Å². The van der Waals surface area contributed by atoms with Crippen molar-refractivity contribution < 1.29 is 23.9 Å². The normalized spacial score (nSPS) is 9.77. The van der Waals surface area contributed by atoms with Gasteiger partial charge in [-0.3, -0.25) is 25.2 Å². The lowest BCUT2D eigenvalue weighted by Crippen LogP contribution is -2.48. The van der Waals surface area contributed by atoms with Crippen LogP contribution in [0.1, 0.15) is 5.56 Å². The first-order valence-electron chi connectivity index (χ1n) is 7.72. The average molecular weight is 357 g/mol. The van der Waals surface area contributed by atoms with Gasteiger partial charge in [0.1, 0.15) is 11.5 Å². The standard InChI is InChI=1S/C18H19N3O5/c1-12-6-3-4-9-15(12)19-17(23)18(24)21-20-16(22)11-26-14-8-5-7-13(10-14)25-2/h3-10H,11H2,1-2H3,(H,19,23)(H,20,22)(H,21,24). The van der Waals surface area contributed by atoms with E-state index in [0.29, 0.717) is 17.2 Å². The molecule has 136 valence electrons. The Kier molecular flexibility index (Phi) is 6.55. The summed E-state index contributed by atoms with van der Waals surface area (Å²) in [6, 6.07) is 13.7. The molecular weight excluding hydrogens is 338 g/mol. The molecule has 8 nitrogen and oxygen atoms in total. The van der Waals surface area contributed by atoms with Crippen LogP contribution in [0.15, 0.2) is 48.5 Å². The molecule has 2 aromatic rings. The summed E-state index contributed by atoms with van der Waals surface area (Å²) in [5.41, 5.74) is 5.46.